The highest BCUT2D eigenvalue weighted by Crippen LogP contribution is 2.25. The molecule has 1 N–H and O–H groups in total. The van der Waals surface area contributed by atoms with Gasteiger partial charge < -0.3 is 9.88 Å². The number of amides is 1. The number of imidazole rings is 1. The smallest absolute Gasteiger partial charge is 0.230 e. The first-order valence-electron chi connectivity index (χ1n) is 8.62. The second kappa shape index (κ2) is 8.36. The van der Waals surface area contributed by atoms with Gasteiger partial charge in [0.2, 0.25) is 5.91 Å². The summed E-state index contributed by atoms with van der Waals surface area (Å²) in [7, 11) is 0. The fourth-order valence-electron chi connectivity index (χ4n) is 2.69. The van der Waals surface area contributed by atoms with E-state index in [1.54, 1.807) is 12.1 Å². The summed E-state index contributed by atoms with van der Waals surface area (Å²) in [5.74, 6) is 0.434. The number of halogens is 1. The lowest BCUT2D eigenvalue weighted by molar-refractivity contribution is -0.118. The van der Waals surface area contributed by atoms with Gasteiger partial charge >= 0.3 is 0 Å². The number of nitrogens with zero attached hydrogens (tertiary/aromatic N) is 2. The Bertz CT molecular complexity index is 890. The molecule has 136 valence electrons. The Hall–Kier alpha value is -2.34. The van der Waals surface area contributed by atoms with Gasteiger partial charge in [-0.2, -0.15) is 0 Å². The molecule has 2 aromatic carbocycles. The van der Waals surface area contributed by atoms with Crippen LogP contribution in [0.2, 0.25) is 0 Å². The van der Waals surface area contributed by atoms with E-state index in [2.05, 4.69) is 34.8 Å². The standard InChI is InChI=1S/C20H22FN3OS/c1-14(2)12-24-18-6-4-3-5-17(18)23-20(24)26-13-19(25)22-11-15-7-9-16(21)10-8-15/h3-10,14H,11-13H2,1-2H3,(H,22,25). The average molecular weight is 371 g/mol. The molecule has 1 amide bonds. The van der Waals surface area contributed by atoms with Gasteiger partial charge in [0.1, 0.15) is 5.82 Å². The number of fused-ring (bicyclic) bond motifs is 1. The summed E-state index contributed by atoms with van der Waals surface area (Å²) >= 11 is 1.44. The van der Waals surface area contributed by atoms with Gasteiger partial charge in [0.25, 0.3) is 0 Å². The molecule has 0 fully saturated rings. The summed E-state index contributed by atoms with van der Waals surface area (Å²) in [6.07, 6.45) is 0. The molecule has 3 aromatic rings. The first-order chi connectivity index (χ1) is 12.5. The van der Waals surface area contributed by atoms with E-state index in [-0.39, 0.29) is 11.7 Å². The Labute approximate surface area is 156 Å². The normalized spacial score (nSPS) is 11.2. The molecule has 0 atom stereocenters. The average Bonchev–Trinajstić information content (AvgIpc) is 2.96. The van der Waals surface area contributed by atoms with Crippen molar-refractivity contribution in [3.63, 3.8) is 0 Å². The maximum Gasteiger partial charge on any atom is 0.230 e. The maximum absolute atomic E-state index is 12.9. The van der Waals surface area contributed by atoms with Crippen molar-refractivity contribution in [3.05, 3.63) is 59.9 Å². The number of benzene rings is 2. The van der Waals surface area contributed by atoms with Gasteiger partial charge in [-0.05, 0) is 35.7 Å². The van der Waals surface area contributed by atoms with Crippen molar-refractivity contribution < 1.29 is 9.18 Å². The largest absolute Gasteiger partial charge is 0.351 e. The van der Waals surface area contributed by atoms with Crippen LogP contribution in [0.1, 0.15) is 19.4 Å². The van der Waals surface area contributed by atoms with Crippen LogP contribution in [-0.4, -0.2) is 21.2 Å². The number of nitrogens with one attached hydrogen (secondary N) is 1. The number of carbonyl (C=O) groups excluding carboxylic acids is 1. The Morgan fingerprint density at radius 3 is 2.65 bits per heavy atom. The van der Waals surface area contributed by atoms with E-state index >= 15 is 0 Å². The van der Waals surface area contributed by atoms with Crippen LogP contribution in [0.4, 0.5) is 4.39 Å². The highest BCUT2D eigenvalue weighted by Gasteiger charge is 2.13. The fraction of sp³-hybridized carbons (Fsp3) is 0.300. The van der Waals surface area contributed by atoms with Crippen molar-refractivity contribution in [1.82, 2.24) is 14.9 Å². The Kier molecular flexibility index (Phi) is 5.93. The van der Waals surface area contributed by atoms with Gasteiger partial charge in [0, 0.05) is 13.1 Å². The van der Waals surface area contributed by atoms with Gasteiger partial charge in [-0.1, -0.05) is 49.9 Å². The molecule has 0 saturated carbocycles. The van der Waals surface area contributed by atoms with Gasteiger partial charge in [-0.15, -0.1) is 0 Å². The molecule has 6 heteroatoms. The summed E-state index contributed by atoms with van der Waals surface area (Å²) in [6, 6.07) is 14.2. The van der Waals surface area contributed by atoms with Crippen LogP contribution < -0.4 is 5.32 Å². The lowest BCUT2D eigenvalue weighted by Crippen LogP contribution is -2.24. The van der Waals surface area contributed by atoms with Crippen LogP contribution in [0.3, 0.4) is 0 Å². The number of para-hydroxylation sites is 2. The zero-order valence-corrected chi connectivity index (χ0v) is 15.7. The molecule has 0 aliphatic heterocycles. The van der Waals surface area contributed by atoms with Crippen molar-refractivity contribution in [1.29, 1.82) is 0 Å². The van der Waals surface area contributed by atoms with E-state index in [4.69, 9.17) is 0 Å². The molecule has 26 heavy (non-hydrogen) atoms. The van der Waals surface area contributed by atoms with Crippen LogP contribution >= 0.6 is 11.8 Å². The van der Waals surface area contributed by atoms with Crippen molar-refractivity contribution in [3.8, 4) is 0 Å². The molecule has 0 spiro atoms. The summed E-state index contributed by atoms with van der Waals surface area (Å²) in [5.41, 5.74) is 2.91. The summed E-state index contributed by atoms with van der Waals surface area (Å²) in [6.45, 7) is 5.58. The van der Waals surface area contributed by atoms with Gasteiger partial charge in [-0.3, -0.25) is 4.79 Å². The number of rotatable bonds is 7. The van der Waals surface area contributed by atoms with E-state index in [1.165, 1.54) is 23.9 Å². The number of hydrogen-bond donors (Lipinski definition) is 1. The third-order valence-corrected chi connectivity index (χ3v) is 4.88. The first-order valence-corrected chi connectivity index (χ1v) is 9.60. The Morgan fingerprint density at radius 1 is 1.19 bits per heavy atom. The predicted octanol–water partition coefficient (Wildman–Crippen LogP) is 4.24. The van der Waals surface area contributed by atoms with E-state index in [1.807, 2.05) is 18.2 Å². The summed E-state index contributed by atoms with van der Waals surface area (Å²) in [4.78, 5) is 16.8. The van der Waals surface area contributed by atoms with Crippen LogP contribution in [0.15, 0.2) is 53.7 Å². The third-order valence-electron chi connectivity index (χ3n) is 3.90. The zero-order chi connectivity index (χ0) is 18.5. The van der Waals surface area contributed by atoms with Crippen LogP contribution in [0.25, 0.3) is 11.0 Å². The first kappa shape index (κ1) is 18.5. The minimum Gasteiger partial charge on any atom is -0.351 e. The van der Waals surface area contributed by atoms with Crippen molar-refractivity contribution in [2.24, 2.45) is 5.92 Å². The van der Waals surface area contributed by atoms with Gasteiger partial charge in [0.15, 0.2) is 5.16 Å². The summed E-state index contributed by atoms with van der Waals surface area (Å²) in [5, 5.41) is 3.72. The molecule has 0 saturated heterocycles. The SMILES string of the molecule is CC(C)Cn1c(SCC(=O)NCc2ccc(F)cc2)nc2ccccc21. The molecule has 1 heterocycles. The molecule has 1 aromatic heterocycles. The molecular formula is C20H22FN3OS. The molecule has 0 aliphatic rings. The Morgan fingerprint density at radius 2 is 1.92 bits per heavy atom. The monoisotopic (exact) mass is 371 g/mol. The Balaban J connectivity index is 1.63. The molecule has 0 radical (unpaired) electrons. The second-order valence-electron chi connectivity index (χ2n) is 6.58. The fourth-order valence-corrected chi connectivity index (χ4v) is 3.54. The van der Waals surface area contributed by atoms with Crippen LogP contribution in [0.5, 0.6) is 0 Å². The third kappa shape index (κ3) is 4.64. The van der Waals surface area contributed by atoms with Crippen molar-refractivity contribution in [2.45, 2.75) is 32.1 Å². The number of thioether (sulfide) groups is 1. The quantitative estimate of drug-likeness (QED) is 0.632. The van der Waals surface area contributed by atoms with E-state index in [9.17, 15) is 9.18 Å². The number of hydrogen-bond acceptors (Lipinski definition) is 3. The molecular weight excluding hydrogens is 349 g/mol. The van der Waals surface area contributed by atoms with Crippen LogP contribution in [-0.2, 0) is 17.9 Å². The topological polar surface area (TPSA) is 46.9 Å². The van der Waals surface area contributed by atoms with E-state index in [0.717, 1.165) is 28.3 Å². The lowest BCUT2D eigenvalue weighted by Gasteiger charge is -2.11. The molecule has 4 nitrogen and oxygen atoms in total. The molecule has 0 bridgehead atoms. The van der Waals surface area contributed by atoms with E-state index in [0.29, 0.717) is 18.2 Å². The van der Waals surface area contributed by atoms with Crippen molar-refractivity contribution >= 4 is 28.7 Å². The maximum atomic E-state index is 12.9. The second-order valence-corrected chi connectivity index (χ2v) is 7.52. The molecule has 3 rings (SSSR count). The predicted molar refractivity (Wildman–Crippen MR) is 104 cm³/mol. The molecule has 0 aliphatic carbocycles. The van der Waals surface area contributed by atoms with Gasteiger partial charge in [-0.25, -0.2) is 9.37 Å². The van der Waals surface area contributed by atoms with Crippen LogP contribution in [0, 0.1) is 11.7 Å². The highest BCUT2D eigenvalue weighted by atomic mass is 32.2. The summed E-state index contributed by atoms with van der Waals surface area (Å²) < 4.78 is 15.1. The minimum atomic E-state index is -0.278. The lowest BCUT2D eigenvalue weighted by atomic mass is 10.2. The minimum absolute atomic E-state index is 0.0671. The zero-order valence-electron chi connectivity index (χ0n) is 14.9. The van der Waals surface area contributed by atoms with Crippen molar-refractivity contribution in [2.75, 3.05) is 5.75 Å². The number of aromatic nitrogens is 2. The molecule has 0 unspecified atom stereocenters. The van der Waals surface area contributed by atoms with Gasteiger partial charge in [0.05, 0.1) is 16.8 Å². The van der Waals surface area contributed by atoms with E-state index < -0.39 is 0 Å². The highest BCUT2D eigenvalue weighted by molar-refractivity contribution is 7.99. The number of carbonyl (C=O) groups is 1.